The van der Waals surface area contributed by atoms with E-state index in [1.54, 1.807) is 85.8 Å². The Morgan fingerprint density at radius 2 is 1.46 bits per heavy atom. The summed E-state index contributed by atoms with van der Waals surface area (Å²) in [6.45, 7) is 3.59. The number of aromatic amines is 1. The fourth-order valence-corrected chi connectivity index (χ4v) is 4.71. The van der Waals surface area contributed by atoms with Crippen molar-refractivity contribution in [2.45, 2.75) is 44.8 Å². The highest BCUT2D eigenvalue weighted by Crippen LogP contribution is 2.18. The van der Waals surface area contributed by atoms with E-state index >= 15 is 0 Å². The van der Waals surface area contributed by atoms with Gasteiger partial charge in [0, 0.05) is 6.42 Å². The molecule has 0 bridgehead atoms. The lowest BCUT2D eigenvalue weighted by atomic mass is 9.96. The van der Waals surface area contributed by atoms with E-state index in [0.717, 1.165) is 4.57 Å². The van der Waals surface area contributed by atoms with E-state index in [1.165, 1.54) is 0 Å². The largest absolute Gasteiger partial charge is 0.479 e. The second-order valence-corrected chi connectivity index (χ2v) is 9.92. The summed E-state index contributed by atoms with van der Waals surface area (Å²) < 4.78 is 0.875. The van der Waals surface area contributed by atoms with Crippen molar-refractivity contribution in [1.82, 2.24) is 20.2 Å². The zero-order valence-corrected chi connectivity index (χ0v) is 22.7. The number of benzene rings is 3. The maximum Gasteiger partial charge on any atom is 0.330 e. The number of aromatic nitrogens is 2. The fourth-order valence-electron chi connectivity index (χ4n) is 4.71. The monoisotopic (exact) mass is 556 g/mol. The van der Waals surface area contributed by atoms with Crippen LogP contribution in [0.15, 0.2) is 94.5 Å². The van der Waals surface area contributed by atoms with Gasteiger partial charge in [-0.05, 0) is 29.2 Å². The molecule has 0 saturated heterocycles. The Kier molecular flexibility index (Phi) is 9.13. The van der Waals surface area contributed by atoms with Gasteiger partial charge in [0.2, 0.25) is 11.8 Å². The molecule has 3 aromatic carbocycles. The van der Waals surface area contributed by atoms with Crippen LogP contribution in [0.1, 0.15) is 43.5 Å². The third kappa shape index (κ3) is 6.60. The lowest BCUT2D eigenvalue weighted by Gasteiger charge is -2.28. The Bertz CT molecular complexity index is 1650. The summed E-state index contributed by atoms with van der Waals surface area (Å²) in [4.78, 5) is 68.7. The average Bonchev–Trinajstić information content (AvgIpc) is 2.98. The van der Waals surface area contributed by atoms with Crippen molar-refractivity contribution >= 4 is 28.7 Å². The standard InChI is InChI=1S/C31H32N4O6/c1-3-19(2)25(28(37)34-26(30(39)40)21-14-8-5-9-15-21)33-27(36)24(18-20-12-6-4-7-13-20)35-29(38)22-16-10-11-17-23(22)32-31(35)41/h4-17,19,24-26H,3,18H2,1-2H3,(H,32,41)(H,33,36)(H,34,37)(H,39,40). The normalized spacial score (nSPS) is 14.0. The number of carboxylic acids is 1. The van der Waals surface area contributed by atoms with Crippen LogP contribution >= 0.6 is 0 Å². The van der Waals surface area contributed by atoms with Gasteiger partial charge in [0.15, 0.2) is 6.04 Å². The van der Waals surface area contributed by atoms with E-state index in [1.807, 2.05) is 13.0 Å². The van der Waals surface area contributed by atoms with E-state index in [4.69, 9.17) is 0 Å². The number of rotatable bonds is 11. The highest BCUT2D eigenvalue weighted by Gasteiger charge is 2.34. The van der Waals surface area contributed by atoms with Gasteiger partial charge < -0.3 is 20.7 Å². The molecule has 4 atom stereocenters. The molecule has 4 unspecified atom stereocenters. The number of hydrogen-bond donors (Lipinski definition) is 4. The lowest BCUT2D eigenvalue weighted by molar-refractivity contribution is -0.142. The van der Waals surface area contributed by atoms with Crippen molar-refractivity contribution in [3.63, 3.8) is 0 Å². The smallest absolute Gasteiger partial charge is 0.330 e. The summed E-state index contributed by atoms with van der Waals surface area (Å²) in [7, 11) is 0. The summed E-state index contributed by atoms with van der Waals surface area (Å²) in [5.74, 6) is -3.06. The molecule has 10 nitrogen and oxygen atoms in total. The molecule has 0 saturated carbocycles. The van der Waals surface area contributed by atoms with Crippen LogP contribution < -0.4 is 21.9 Å². The molecule has 2 amide bonds. The number of nitrogens with one attached hydrogen (secondary N) is 3. The number of carbonyl (C=O) groups excluding carboxylic acids is 2. The van der Waals surface area contributed by atoms with Crippen molar-refractivity contribution in [3.8, 4) is 0 Å². The van der Waals surface area contributed by atoms with Gasteiger partial charge in [0.1, 0.15) is 12.1 Å². The third-order valence-corrected chi connectivity index (χ3v) is 7.18. The van der Waals surface area contributed by atoms with Crippen molar-refractivity contribution in [1.29, 1.82) is 0 Å². The molecule has 0 aliphatic rings. The minimum atomic E-state index is -1.33. The van der Waals surface area contributed by atoms with E-state index in [-0.39, 0.29) is 11.8 Å². The minimum Gasteiger partial charge on any atom is -0.479 e. The van der Waals surface area contributed by atoms with Crippen LogP contribution in [0, 0.1) is 5.92 Å². The van der Waals surface area contributed by atoms with Gasteiger partial charge in [0.05, 0.1) is 10.9 Å². The summed E-state index contributed by atoms with van der Waals surface area (Å²) in [5.41, 5.74) is 0.0184. The fraction of sp³-hybridized carbons (Fsp3) is 0.258. The maximum absolute atomic E-state index is 13.9. The molecule has 10 heteroatoms. The van der Waals surface area contributed by atoms with Crippen molar-refractivity contribution in [3.05, 3.63) is 117 Å². The second-order valence-electron chi connectivity index (χ2n) is 9.92. The Morgan fingerprint density at radius 1 is 0.854 bits per heavy atom. The minimum absolute atomic E-state index is 0.00457. The zero-order valence-electron chi connectivity index (χ0n) is 22.7. The molecular formula is C31H32N4O6. The van der Waals surface area contributed by atoms with E-state index in [9.17, 15) is 29.1 Å². The Balaban J connectivity index is 1.71. The van der Waals surface area contributed by atoms with Crippen LogP contribution in [0.2, 0.25) is 0 Å². The third-order valence-electron chi connectivity index (χ3n) is 7.18. The number of hydrogen-bond acceptors (Lipinski definition) is 5. The predicted octanol–water partition coefficient (Wildman–Crippen LogP) is 2.95. The SMILES string of the molecule is CCC(C)C(NC(=O)C(Cc1ccccc1)n1c(=O)[nH]c2ccccc2c1=O)C(=O)NC(C(=O)O)c1ccccc1. The van der Waals surface area contributed by atoms with Crippen LogP contribution in [-0.4, -0.2) is 38.5 Å². The van der Waals surface area contributed by atoms with Crippen molar-refractivity contribution < 1.29 is 19.5 Å². The Morgan fingerprint density at radius 3 is 2.10 bits per heavy atom. The van der Waals surface area contributed by atoms with Crippen molar-refractivity contribution in [2.24, 2.45) is 5.92 Å². The zero-order chi connectivity index (χ0) is 29.5. The number of para-hydroxylation sites is 1. The number of fused-ring (bicyclic) bond motifs is 1. The number of nitrogens with zero attached hydrogens (tertiary/aromatic N) is 1. The molecule has 1 aromatic heterocycles. The maximum atomic E-state index is 13.9. The van der Waals surface area contributed by atoms with E-state index in [2.05, 4.69) is 15.6 Å². The molecule has 0 fully saturated rings. The van der Waals surface area contributed by atoms with Crippen LogP contribution in [-0.2, 0) is 20.8 Å². The summed E-state index contributed by atoms with van der Waals surface area (Å²) in [6.07, 6.45) is 0.492. The number of aliphatic carboxylic acids is 1. The molecule has 0 aliphatic carbocycles. The van der Waals surface area contributed by atoms with Gasteiger partial charge in [-0.3, -0.25) is 14.4 Å². The van der Waals surface area contributed by atoms with Crippen LogP contribution in [0.5, 0.6) is 0 Å². The van der Waals surface area contributed by atoms with Crippen molar-refractivity contribution in [2.75, 3.05) is 0 Å². The molecular weight excluding hydrogens is 524 g/mol. The summed E-state index contributed by atoms with van der Waals surface area (Å²) >= 11 is 0. The van der Waals surface area contributed by atoms with Crippen LogP contribution in [0.4, 0.5) is 0 Å². The van der Waals surface area contributed by atoms with E-state index < -0.39 is 53.1 Å². The number of amides is 2. The van der Waals surface area contributed by atoms with Crippen LogP contribution in [0.3, 0.4) is 0 Å². The quantitative estimate of drug-likeness (QED) is 0.223. The first-order valence-corrected chi connectivity index (χ1v) is 13.4. The number of carboxylic acid groups (broad SMARTS) is 1. The Labute approximate surface area is 236 Å². The van der Waals surface area contributed by atoms with Gasteiger partial charge in [-0.15, -0.1) is 0 Å². The number of H-pyrrole nitrogens is 1. The highest BCUT2D eigenvalue weighted by molar-refractivity contribution is 5.92. The molecule has 4 aromatic rings. The molecule has 0 radical (unpaired) electrons. The first kappa shape index (κ1) is 29.0. The summed E-state index contributed by atoms with van der Waals surface area (Å²) in [5, 5.41) is 15.3. The van der Waals surface area contributed by atoms with Crippen LogP contribution in [0.25, 0.3) is 10.9 Å². The predicted molar refractivity (Wildman–Crippen MR) is 154 cm³/mol. The van der Waals surface area contributed by atoms with Gasteiger partial charge >= 0.3 is 11.7 Å². The lowest BCUT2D eigenvalue weighted by Crippen LogP contribution is -2.55. The van der Waals surface area contributed by atoms with Gasteiger partial charge in [-0.2, -0.15) is 0 Å². The summed E-state index contributed by atoms with van der Waals surface area (Å²) in [6, 6.07) is 19.9. The average molecular weight is 557 g/mol. The topological polar surface area (TPSA) is 150 Å². The molecule has 4 N–H and O–H groups in total. The first-order chi connectivity index (χ1) is 19.7. The molecule has 1 heterocycles. The van der Waals surface area contributed by atoms with E-state index in [0.29, 0.717) is 23.1 Å². The van der Waals surface area contributed by atoms with Gasteiger partial charge in [-0.1, -0.05) is 93.1 Å². The second kappa shape index (κ2) is 12.9. The molecule has 0 spiro atoms. The first-order valence-electron chi connectivity index (χ1n) is 13.4. The molecule has 212 valence electrons. The molecule has 41 heavy (non-hydrogen) atoms. The molecule has 0 aliphatic heterocycles. The highest BCUT2D eigenvalue weighted by atomic mass is 16.4. The molecule has 4 rings (SSSR count). The number of carbonyl (C=O) groups is 3. The Hall–Kier alpha value is -4.99. The van der Waals surface area contributed by atoms with Gasteiger partial charge in [0.25, 0.3) is 5.56 Å². The van der Waals surface area contributed by atoms with Gasteiger partial charge in [-0.25, -0.2) is 14.2 Å².